The Hall–Kier alpha value is -5.11. The van der Waals surface area contributed by atoms with Gasteiger partial charge in [0.15, 0.2) is 18.1 Å². The lowest BCUT2D eigenvalue weighted by atomic mass is 10.0. The van der Waals surface area contributed by atoms with Crippen molar-refractivity contribution in [3.05, 3.63) is 90.5 Å². The summed E-state index contributed by atoms with van der Waals surface area (Å²) in [4.78, 5) is 30.6. The fraction of sp³-hybridized carbons (Fsp3) is 0.129. The molecule has 5 aromatic rings. The van der Waals surface area contributed by atoms with Crippen LogP contribution >= 0.6 is 0 Å². The van der Waals surface area contributed by atoms with Gasteiger partial charge in [-0.2, -0.15) is 0 Å². The van der Waals surface area contributed by atoms with Crippen LogP contribution in [-0.4, -0.2) is 44.8 Å². The number of carbonyl (C=O) groups excluding carboxylic acids is 2. The van der Waals surface area contributed by atoms with Gasteiger partial charge in [-0.15, -0.1) is 0 Å². The van der Waals surface area contributed by atoms with Crippen LogP contribution in [-0.2, 0) is 9.53 Å². The molecule has 0 radical (unpaired) electrons. The lowest BCUT2D eigenvalue weighted by Crippen LogP contribution is -2.21. The highest BCUT2D eigenvalue weighted by Crippen LogP contribution is 2.41. The molecule has 0 spiro atoms. The SMILES string of the molecule is COc1cc(-c2cc(C(=O)OCC(=O)Nc3ccc4ccccc4c3)c3ccccc3n2)cc(OC)c1OC. The molecule has 4 aromatic carbocycles. The second kappa shape index (κ2) is 11.1. The van der Waals surface area contributed by atoms with Gasteiger partial charge in [-0.1, -0.05) is 48.5 Å². The zero-order chi connectivity index (χ0) is 27.4. The topological polar surface area (TPSA) is 96.0 Å². The Morgan fingerprint density at radius 3 is 2.18 bits per heavy atom. The number of aromatic nitrogens is 1. The van der Waals surface area contributed by atoms with Crippen molar-refractivity contribution in [2.24, 2.45) is 0 Å². The standard InChI is InChI=1S/C31H26N2O6/c1-36-27-15-21(16-28(37-2)30(27)38-3)26-17-24(23-10-6-7-11-25(23)33-26)31(35)39-18-29(34)32-22-13-12-19-8-4-5-9-20(19)14-22/h4-17H,18H2,1-3H3,(H,32,34). The predicted molar refractivity (Wildman–Crippen MR) is 150 cm³/mol. The van der Waals surface area contributed by atoms with Gasteiger partial charge < -0.3 is 24.3 Å². The number of ether oxygens (including phenoxy) is 4. The van der Waals surface area contributed by atoms with E-state index in [1.165, 1.54) is 21.3 Å². The van der Waals surface area contributed by atoms with E-state index in [4.69, 9.17) is 23.9 Å². The summed E-state index contributed by atoms with van der Waals surface area (Å²) in [5, 5.41) is 5.45. The number of fused-ring (bicyclic) bond motifs is 2. The molecule has 0 atom stereocenters. The van der Waals surface area contributed by atoms with Crippen LogP contribution in [0.1, 0.15) is 10.4 Å². The maximum absolute atomic E-state index is 13.2. The number of hydrogen-bond acceptors (Lipinski definition) is 7. The molecule has 0 bridgehead atoms. The van der Waals surface area contributed by atoms with Crippen molar-refractivity contribution in [3.63, 3.8) is 0 Å². The molecule has 196 valence electrons. The Kier molecular flexibility index (Phi) is 7.27. The van der Waals surface area contributed by atoms with Crippen LogP contribution < -0.4 is 19.5 Å². The Bertz CT molecular complexity index is 1670. The summed E-state index contributed by atoms with van der Waals surface area (Å²) in [6.45, 7) is -0.443. The minimum Gasteiger partial charge on any atom is -0.493 e. The molecule has 0 aliphatic heterocycles. The van der Waals surface area contributed by atoms with Crippen molar-refractivity contribution in [3.8, 4) is 28.5 Å². The first-order valence-corrected chi connectivity index (χ1v) is 12.2. The van der Waals surface area contributed by atoms with Crippen molar-refractivity contribution < 1.29 is 28.5 Å². The van der Waals surface area contributed by atoms with Crippen LogP contribution in [0.5, 0.6) is 17.2 Å². The number of benzene rings is 4. The van der Waals surface area contributed by atoms with Gasteiger partial charge in [-0.3, -0.25) is 4.79 Å². The van der Waals surface area contributed by atoms with Gasteiger partial charge in [0, 0.05) is 16.6 Å². The van der Waals surface area contributed by atoms with E-state index in [1.807, 2.05) is 54.6 Å². The summed E-state index contributed by atoms with van der Waals surface area (Å²) < 4.78 is 21.8. The fourth-order valence-corrected chi connectivity index (χ4v) is 4.39. The molecular weight excluding hydrogens is 496 g/mol. The first-order valence-electron chi connectivity index (χ1n) is 12.2. The van der Waals surface area contributed by atoms with Gasteiger partial charge in [0.25, 0.3) is 5.91 Å². The van der Waals surface area contributed by atoms with E-state index in [9.17, 15) is 9.59 Å². The normalized spacial score (nSPS) is 10.7. The van der Waals surface area contributed by atoms with Crippen LogP contribution in [0.3, 0.4) is 0 Å². The summed E-state index contributed by atoms with van der Waals surface area (Å²) >= 11 is 0. The molecule has 1 amide bonds. The summed E-state index contributed by atoms with van der Waals surface area (Å²) in [5.41, 5.74) is 2.65. The monoisotopic (exact) mass is 522 g/mol. The molecule has 1 heterocycles. The van der Waals surface area contributed by atoms with E-state index in [0.29, 0.717) is 45.1 Å². The molecule has 1 aromatic heterocycles. The Morgan fingerprint density at radius 1 is 0.769 bits per heavy atom. The van der Waals surface area contributed by atoms with E-state index in [-0.39, 0.29) is 5.56 Å². The van der Waals surface area contributed by atoms with Gasteiger partial charge >= 0.3 is 5.97 Å². The number of anilines is 1. The summed E-state index contributed by atoms with van der Waals surface area (Å²) in [6, 6.07) is 25.8. The molecule has 0 saturated carbocycles. The van der Waals surface area contributed by atoms with Crippen molar-refractivity contribution in [2.75, 3.05) is 33.3 Å². The summed E-state index contributed by atoms with van der Waals surface area (Å²) in [5.74, 6) is 0.270. The Balaban J connectivity index is 1.41. The lowest BCUT2D eigenvalue weighted by Gasteiger charge is -2.15. The second-order valence-corrected chi connectivity index (χ2v) is 8.67. The van der Waals surface area contributed by atoms with E-state index < -0.39 is 18.5 Å². The fourth-order valence-electron chi connectivity index (χ4n) is 4.39. The number of pyridine rings is 1. The van der Waals surface area contributed by atoms with Crippen LogP contribution in [0.4, 0.5) is 5.69 Å². The summed E-state index contributed by atoms with van der Waals surface area (Å²) in [7, 11) is 4.58. The second-order valence-electron chi connectivity index (χ2n) is 8.67. The highest BCUT2D eigenvalue weighted by molar-refractivity contribution is 6.05. The maximum Gasteiger partial charge on any atom is 0.339 e. The number of amides is 1. The van der Waals surface area contributed by atoms with Crippen LogP contribution in [0.2, 0.25) is 0 Å². The van der Waals surface area contributed by atoms with Gasteiger partial charge in [0.2, 0.25) is 5.75 Å². The average molecular weight is 523 g/mol. The molecule has 0 fully saturated rings. The molecule has 0 saturated heterocycles. The van der Waals surface area contributed by atoms with E-state index >= 15 is 0 Å². The average Bonchev–Trinajstić information content (AvgIpc) is 2.98. The quantitative estimate of drug-likeness (QED) is 0.254. The van der Waals surface area contributed by atoms with Crippen molar-refractivity contribution in [2.45, 2.75) is 0 Å². The minimum absolute atomic E-state index is 0.280. The lowest BCUT2D eigenvalue weighted by molar-refractivity contribution is -0.119. The van der Waals surface area contributed by atoms with Gasteiger partial charge in [-0.25, -0.2) is 9.78 Å². The maximum atomic E-state index is 13.2. The molecule has 8 nitrogen and oxygen atoms in total. The van der Waals surface area contributed by atoms with Gasteiger partial charge in [0.05, 0.1) is 38.1 Å². The number of methoxy groups -OCH3 is 3. The van der Waals surface area contributed by atoms with Crippen molar-refractivity contribution >= 4 is 39.2 Å². The minimum atomic E-state index is -0.643. The van der Waals surface area contributed by atoms with Crippen molar-refractivity contribution in [1.82, 2.24) is 4.98 Å². The zero-order valence-corrected chi connectivity index (χ0v) is 21.7. The number of carbonyl (C=O) groups is 2. The number of nitrogens with one attached hydrogen (secondary N) is 1. The van der Waals surface area contributed by atoms with Gasteiger partial charge in [0.1, 0.15) is 0 Å². The highest BCUT2D eigenvalue weighted by Gasteiger charge is 2.19. The highest BCUT2D eigenvalue weighted by atomic mass is 16.5. The number of rotatable bonds is 8. The summed E-state index contributed by atoms with van der Waals surface area (Å²) in [6.07, 6.45) is 0. The zero-order valence-electron chi connectivity index (χ0n) is 21.7. The van der Waals surface area contributed by atoms with E-state index in [1.54, 1.807) is 30.3 Å². The predicted octanol–water partition coefficient (Wildman–Crippen LogP) is 5.88. The molecule has 0 unspecified atom stereocenters. The Morgan fingerprint density at radius 2 is 1.46 bits per heavy atom. The molecule has 39 heavy (non-hydrogen) atoms. The van der Waals surface area contributed by atoms with Crippen LogP contribution in [0.25, 0.3) is 32.9 Å². The van der Waals surface area contributed by atoms with Crippen LogP contribution in [0.15, 0.2) is 84.9 Å². The molecule has 1 N–H and O–H groups in total. The van der Waals surface area contributed by atoms with E-state index in [0.717, 1.165) is 10.8 Å². The molecule has 0 aliphatic rings. The molecular formula is C31H26N2O6. The number of hydrogen-bond donors (Lipinski definition) is 1. The molecule has 0 aliphatic carbocycles. The van der Waals surface area contributed by atoms with Crippen molar-refractivity contribution in [1.29, 1.82) is 0 Å². The van der Waals surface area contributed by atoms with Crippen LogP contribution in [0, 0.1) is 0 Å². The molecule has 8 heteroatoms. The van der Waals surface area contributed by atoms with E-state index in [2.05, 4.69) is 5.32 Å². The smallest absolute Gasteiger partial charge is 0.339 e. The Labute approximate surface area is 225 Å². The largest absolute Gasteiger partial charge is 0.493 e. The number of para-hydroxylation sites is 1. The first-order chi connectivity index (χ1) is 19.0. The number of esters is 1. The third kappa shape index (κ3) is 5.31. The third-order valence-corrected chi connectivity index (χ3v) is 6.26. The van der Waals surface area contributed by atoms with Gasteiger partial charge in [-0.05, 0) is 47.2 Å². The number of nitrogens with zero attached hydrogens (tertiary/aromatic N) is 1. The first kappa shape index (κ1) is 25.5. The third-order valence-electron chi connectivity index (χ3n) is 6.26. The molecule has 5 rings (SSSR count).